The zero-order valence-corrected chi connectivity index (χ0v) is 14.4. The van der Waals surface area contributed by atoms with Crippen molar-refractivity contribution >= 4 is 28.9 Å². The highest BCUT2D eigenvalue weighted by Gasteiger charge is 2.19. The van der Waals surface area contributed by atoms with Crippen LogP contribution >= 0.6 is 23.8 Å². The van der Waals surface area contributed by atoms with Crippen LogP contribution in [0.25, 0.3) is 0 Å². The molecule has 22 heavy (non-hydrogen) atoms. The molecule has 6 heteroatoms. The maximum atomic E-state index is 5.98. The van der Waals surface area contributed by atoms with Crippen LogP contribution in [-0.2, 0) is 7.05 Å². The summed E-state index contributed by atoms with van der Waals surface area (Å²) in [4.78, 5) is 4.44. The van der Waals surface area contributed by atoms with Crippen molar-refractivity contribution < 1.29 is 0 Å². The van der Waals surface area contributed by atoms with Crippen LogP contribution in [-0.4, -0.2) is 21.2 Å². The number of nitrogens with zero attached hydrogens (tertiary/aromatic N) is 2. The van der Waals surface area contributed by atoms with E-state index in [9.17, 15) is 0 Å². The van der Waals surface area contributed by atoms with Crippen LogP contribution in [0.2, 0.25) is 5.02 Å². The Morgan fingerprint density at radius 2 is 2.09 bits per heavy atom. The van der Waals surface area contributed by atoms with Gasteiger partial charge in [0.2, 0.25) is 0 Å². The quantitative estimate of drug-likeness (QED) is 0.626. The minimum atomic E-state index is -0.112. The van der Waals surface area contributed by atoms with Gasteiger partial charge in [0.25, 0.3) is 0 Å². The first-order valence-corrected chi connectivity index (χ1v) is 8.17. The van der Waals surface area contributed by atoms with Crippen molar-refractivity contribution in [3.8, 4) is 0 Å². The first kappa shape index (κ1) is 16.8. The molecule has 0 aliphatic rings. The molecule has 2 aromatic rings. The normalized spacial score (nSPS) is 12.0. The van der Waals surface area contributed by atoms with Crippen LogP contribution in [0.15, 0.2) is 36.7 Å². The van der Waals surface area contributed by atoms with Gasteiger partial charge in [-0.1, -0.05) is 37.1 Å². The predicted molar refractivity (Wildman–Crippen MR) is 95.1 cm³/mol. The highest BCUT2D eigenvalue weighted by Crippen LogP contribution is 2.22. The summed E-state index contributed by atoms with van der Waals surface area (Å²) in [5, 5.41) is 7.93. The average Bonchev–Trinajstić information content (AvgIpc) is 2.92. The third kappa shape index (κ3) is 4.45. The summed E-state index contributed by atoms with van der Waals surface area (Å²) in [5.74, 6) is 0.905. The lowest BCUT2D eigenvalue weighted by Gasteiger charge is -2.21. The summed E-state index contributed by atoms with van der Waals surface area (Å²) in [6, 6.07) is 7.62. The van der Waals surface area contributed by atoms with Gasteiger partial charge in [-0.3, -0.25) is 0 Å². The van der Waals surface area contributed by atoms with Crippen molar-refractivity contribution in [1.82, 2.24) is 20.2 Å². The van der Waals surface area contributed by atoms with Crippen molar-refractivity contribution in [2.75, 3.05) is 6.54 Å². The van der Waals surface area contributed by atoms with Crippen LogP contribution in [0.1, 0.15) is 37.2 Å². The molecule has 0 aliphatic carbocycles. The molecule has 1 aromatic carbocycles. The molecule has 0 amide bonds. The lowest BCUT2D eigenvalue weighted by Crippen LogP contribution is -2.39. The predicted octanol–water partition coefficient (Wildman–Crippen LogP) is 3.43. The van der Waals surface area contributed by atoms with Gasteiger partial charge in [0.15, 0.2) is 5.11 Å². The molecule has 118 valence electrons. The fraction of sp³-hybridized carbons (Fsp3) is 0.375. The Balaban J connectivity index is 2.17. The van der Waals surface area contributed by atoms with Gasteiger partial charge in [-0.2, -0.15) is 0 Å². The molecule has 1 atom stereocenters. The molecule has 0 spiro atoms. The number of unbranched alkanes of at least 4 members (excludes halogenated alkanes) is 1. The Hall–Kier alpha value is -1.59. The van der Waals surface area contributed by atoms with Gasteiger partial charge in [-0.25, -0.2) is 4.98 Å². The van der Waals surface area contributed by atoms with E-state index in [0.717, 1.165) is 30.8 Å². The minimum Gasteiger partial charge on any atom is -0.363 e. The summed E-state index contributed by atoms with van der Waals surface area (Å²) in [6.07, 6.45) is 5.94. The Morgan fingerprint density at radius 3 is 2.68 bits per heavy atom. The molecular formula is C16H21ClN4S. The lowest BCUT2D eigenvalue weighted by molar-refractivity contribution is 0.646. The standard InChI is InChI=1S/C16H21ClN4S/c1-3-4-9-19-16(22)20-14(15-18-10-11-21(15)2)12-5-7-13(17)8-6-12/h5-8,10-11,14H,3-4,9H2,1-2H3,(H2,19,20,22)/t14-/m1/s1. The molecule has 0 aliphatic heterocycles. The second-order valence-corrected chi connectivity index (χ2v) is 5.98. The van der Waals surface area contributed by atoms with Crippen molar-refractivity contribution in [2.45, 2.75) is 25.8 Å². The monoisotopic (exact) mass is 336 g/mol. The molecule has 0 saturated heterocycles. The summed E-state index contributed by atoms with van der Waals surface area (Å²) in [7, 11) is 1.97. The van der Waals surface area contributed by atoms with Crippen molar-refractivity contribution in [1.29, 1.82) is 0 Å². The van der Waals surface area contributed by atoms with Crippen LogP contribution in [0.4, 0.5) is 0 Å². The zero-order valence-electron chi connectivity index (χ0n) is 12.8. The third-order valence-electron chi connectivity index (χ3n) is 3.41. The van der Waals surface area contributed by atoms with E-state index in [4.69, 9.17) is 23.8 Å². The van der Waals surface area contributed by atoms with Gasteiger partial charge in [-0.05, 0) is 36.3 Å². The number of nitrogens with one attached hydrogen (secondary N) is 2. The van der Waals surface area contributed by atoms with E-state index in [0.29, 0.717) is 10.1 Å². The van der Waals surface area contributed by atoms with E-state index < -0.39 is 0 Å². The Bertz CT molecular complexity index is 609. The number of imidazole rings is 1. The minimum absolute atomic E-state index is 0.112. The highest BCUT2D eigenvalue weighted by atomic mass is 35.5. The van der Waals surface area contributed by atoms with E-state index in [1.165, 1.54) is 0 Å². The summed E-state index contributed by atoms with van der Waals surface area (Å²) >= 11 is 11.4. The number of hydrogen-bond donors (Lipinski definition) is 2. The first-order valence-electron chi connectivity index (χ1n) is 7.39. The number of thiocarbonyl (C=S) groups is 1. The third-order valence-corrected chi connectivity index (χ3v) is 3.93. The summed E-state index contributed by atoms with van der Waals surface area (Å²) in [5.41, 5.74) is 1.07. The Morgan fingerprint density at radius 1 is 1.36 bits per heavy atom. The molecular weight excluding hydrogens is 316 g/mol. The van der Waals surface area contributed by atoms with Crippen molar-refractivity contribution in [2.24, 2.45) is 7.05 Å². The van der Waals surface area contributed by atoms with Gasteiger partial charge < -0.3 is 15.2 Å². The molecule has 0 saturated carbocycles. The summed E-state index contributed by atoms with van der Waals surface area (Å²) in [6.45, 7) is 3.03. The van der Waals surface area contributed by atoms with Gasteiger partial charge in [0.05, 0.1) is 0 Å². The molecule has 0 unspecified atom stereocenters. The fourth-order valence-electron chi connectivity index (χ4n) is 2.17. The Labute approximate surface area is 141 Å². The van der Waals surface area contributed by atoms with E-state index in [-0.39, 0.29) is 6.04 Å². The maximum absolute atomic E-state index is 5.98. The number of rotatable bonds is 6. The molecule has 1 aromatic heterocycles. The summed E-state index contributed by atoms with van der Waals surface area (Å²) < 4.78 is 1.99. The topological polar surface area (TPSA) is 41.9 Å². The first-order chi connectivity index (χ1) is 10.6. The van der Waals surface area contributed by atoms with Crippen LogP contribution in [0.3, 0.4) is 0 Å². The SMILES string of the molecule is CCCCNC(=S)N[C@H](c1ccc(Cl)cc1)c1nccn1C. The molecule has 4 nitrogen and oxygen atoms in total. The van der Waals surface area contributed by atoms with Gasteiger partial charge >= 0.3 is 0 Å². The van der Waals surface area contributed by atoms with Crippen LogP contribution in [0.5, 0.6) is 0 Å². The largest absolute Gasteiger partial charge is 0.363 e. The molecule has 0 radical (unpaired) electrons. The molecule has 0 bridgehead atoms. The van der Waals surface area contributed by atoms with Gasteiger partial charge in [0.1, 0.15) is 11.9 Å². The fourth-order valence-corrected chi connectivity index (χ4v) is 2.51. The highest BCUT2D eigenvalue weighted by molar-refractivity contribution is 7.80. The van der Waals surface area contributed by atoms with Gasteiger partial charge in [0, 0.05) is 31.0 Å². The number of benzene rings is 1. The maximum Gasteiger partial charge on any atom is 0.167 e. The number of hydrogen-bond acceptors (Lipinski definition) is 2. The lowest BCUT2D eigenvalue weighted by atomic mass is 10.1. The van der Waals surface area contributed by atoms with E-state index in [1.807, 2.05) is 42.1 Å². The smallest absolute Gasteiger partial charge is 0.167 e. The molecule has 2 N–H and O–H groups in total. The van der Waals surface area contributed by atoms with E-state index in [2.05, 4.69) is 22.5 Å². The Kier molecular flexibility index (Phi) is 6.21. The number of aryl methyl sites for hydroxylation is 1. The van der Waals surface area contributed by atoms with Gasteiger partial charge in [-0.15, -0.1) is 0 Å². The molecule has 0 fully saturated rings. The van der Waals surface area contributed by atoms with Crippen molar-refractivity contribution in [3.63, 3.8) is 0 Å². The second-order valence-electron chi connectivity index (χ2n) is 5.13. The van der Waals surface area contributed by atoms with E-state index in [1.54, 1.807) is 6.20 Å². The molecule has 1 heterocycles. The van der Waals surface area contributed by atoms with Crippen LogP contribution in [0, 0.1) is 0 Å². The zero-order chi connectivity index (χ0) is 15.9. The number of aromatic nitrogens is 2. The van der Waals surface area contributed by atoms with E-state index >= 15 is 0 Å². The average molecular weight is 337 g/mol. The van der Waals surface area contributed by atoms with Crippen LogP contribution < -0.4 is 10.6 Å². The van der Waals surface area contributed by atoms with Crippen molar-refractivity contribution in [3.05, 3.63) is 53.1 Å². The second kappa shape index (κ2) is 8.15. The molecule has 2 rings (SSSR count). The number of halogens is 1.